The number of imidazole rings is 2. The van der Waals surface area contributed by atoms with Gasteiger partial charge >= 0.3 is 5.97 Å². The van der Waals surface area contributed by atoms with Crippen molar-refractivity contribution in [2.45, 2.75) is 115 Å². The molecule has 12 nitrogen and oxygen atoms in total. The van der Waals surface area contributed by atoms with E-state index in [4.69, 9.17) is 14.7 Å². The Morgan fingerprint density at radius 1 is 0.804 bits per heavy atom. The fourth-order valence-electron chi connectivity index (χ4n) is 7.03. The van der Waals surface area contributed by atoms with Crippen molar-refractivity contribution in [1.29, 1.82) is 0 Å². The van der Waals surface area contributed by atoms with Crippen LogP contribution < -0.4 is 0 Å². The van der Waals surface area contributed by atoms with Crippen molar-refractivity contribution in [3.05, 3.63) is 47.0 Å². The third-order valence-corrected chi connectivity index (χ3v) is 11.7. The normalized spacial score (nSPS) is 17.3. The summed E-state index contributed by atoms with van der Waals surface area (Å²) in [6.07, 6.45) is 6.71. The van der Waals surface area contributed by atoms with E-state index in [1.165, 1.54) is 26.4 Å². The van der Waals surface area contributed by atoms with E-state index in [2.05, 4.69) is 48.4 Å². The molecule has 15 heteroatoms. The Morgan fingerprint density at radius 2 is 1.20 bits per heavy atom. The Hall–Kier alpha value is -3.33. The van der Waals surface area contributed by atoms with Gasteiger partial charge in [-0.15, -0.1) is 0 Å². The van der Waals surface area contributed by atoms with Gasteiger partial charge in [0.2, 0.25) is 5.24 Å². The average Bonchev–Trinajstić information content (AvgIpc) is 3.58. The predicted molar refractivity (Wildman–Crippen MR) is 197 cm³/mol. The molecule has 0 bridgehead atoms. The van der Waals surface area contributed by atoms with Gasteiger partial charge < -0.3 is 19.0 Å². The van der Waals surface area contributed by atoms with Crippen LogP contribution in [0.1, 0.15) is 102 Å². The van der Waals surface area contributed by atoms with Crippen molar-refractivity contribution < 1.29 is 36.3 Å². The molecule has 0 unspecified atom stereocenters. The number of halogens is 1. The predicted octanol–water partition coefficient (Wildman–Crippen LogP) is 6.27. The highest BCUT2D eigenvalue weighted by Crippen LogP contribution is 2.38. The van der Waals surface area contributed by atoms with Crippen molar-refractivity contribution in [3.8, 4) is 0 Å². The molecule has 280 valence electrons. The molecule has 0 saturated carbocycles. The van der Waals surface area contributed by atoms with Gasteiger partial charge in [0.05, 0.1) is 38.5 Å². The molecule has 0 amide bonds. The summed E-state index contributed by atoms with van der Waals surface area (Å²) >= 11 is 4.64. The zero-order valence-corrected chi connectivity index (χ0v) is 33.0. The number of fused-ring (bicyclic) bond motifs is 6. The number of hydrogen-bond acceptors (Lipinski definition) is 10. The van der Waals surface area contributed by atoms with Gasteiger partial charge in [-0.25, -0.2) is 26.8 Å². The number of ether oxygens (including phenoxy) is 1. The third kappa shape index (κ3) is 9.37. The van der Waals surface area contributed by atoms with Crippen LogP contribution in [0.5, 0.6) is 0 Å². The standard InChI is InChI=1S/C18H24N2O4S.C16H22N2O3S.C2H3ClO/c1-11(2)14-6-5-7-20-16-9-17(25(4,22)23)13(10-24-12(3)21)8-15(16)19-18(14)20;1-10(2)12-5-4-6-18-14-8-15(22(3,20)21)11(9-19)7-13(14)17-16(12)18;1-2(3)4/h8-9,11,14H,5-7,10H2,1-4H3;7-8,10,12,19H,4-6,9H2,1-3H3;1H3/t14-;12-;/m11./s1. The van der Waals surface area contributed by atoms with Gasteiger partial charge in [0.15, 0.2) is 19.7 Å². The molecular weight excluding hydrogens is 716 g/mol. The smallest absolute Gasteiger partial charge is 0.302 e. The second-order valence-electron chi connectivity index (χ2n) is 14.1. The van der Waals surface area contributed by atoms with Crippen molar-refractivity contribution in [2.75, 3.05) is 12.5 Å². The lowest BCUT2D eigenvalue weighted by Gasteiger charge is -2.26. The highest BCUT2D eigenvalue weighted by Gasteiger charge is 2.29. The molecule has 0 spiro atoms. The van der Waals surface area contributed by atoms with E-state index in [-0.39, 0.29) is 28.2 Å². The van der Waals surface area contributed by atoms with Gasteiger partial charge in [0, 0.05) is 56.8 Å². The zero-order valence-electron chi connectivity index (χ0n) is 30.6. The molecule has 2 atom stereocenters. The quantitative estimate of drug-likeness (QED) is 0.167. The molecule has 2 aromatic carbocycles. The maximum atomic E-state index is 12.2. The lowest BCUT2D eigenvalue weighted by atomic mass is 9.88. The van der Waals surface area contributed by atoms with Crippen molar-refractivity contribution in [1.82, 2.24) is 19.1 Å². The molecule has 4 heterocycles. The van der Waals surface area contributed by atoms with Gasteiger partial charge in [-0.2, -0.15) is 0 Å². The summed E-state index contributed by atoms with van der Waals surface area (Å²) in [5.41, 5.74) is 4.13. The van der Waals surface area contributed by atoms with Crippen molar-refractivity contribution in [2.24, 2.45) is 11.8 Å². The number of benzene rings is 2. The molecule has 2 aliphatic heterocycles. The minimum atomic E-state index is -3.44. The fourth-order valence-corrected chi connectivity index (χ4v) is 8.87. The number of esters is 1. The third-order valence-electron chi connectivity index (χ3n) is 9.39. The topological polar surface area (TPSA) is 168 Å². The largest absolute Gasteiger partial charge is 0.461 e. The lowest BCUT2D eigenvalue weighted by molar-refractivity contribution is -0.142. The van der Waals surface area contributed by atoms with Crippen molar-refractivity contribution in [3.63, 3.8) is 0 Å². The van der Waals surface area contributed by atoms with E-state index < -0.39 is 25.6 Å². The molecule has 2 aromatic heterocycles. The van der Waals surface area contributed by atoms with Crippen LogP contribution in [0.2, 0.25) is 0 Å². The van der Waals surface area contributed by atoms with Gasteiger partial charge in [-0.1, -0.05) is 27.7 Å². The molecule has 0 fully saturated rings. The number of aromatic nitrogens is 4. The minimum Gasteiger partial charge on any atom is -0.461 e. The van der Waals surface area contributed by atoms with Gasteiger partial charge in [0.25, 0.3) is 0 Å². The minimum absolute atomic E-state index is 0.0660. The van der Waals surface area contributed by atoms with Gasteiger partial charge in [-0.3, -0.25) is 9.59 Å². The van der Waals surface area contributed by atoms with Crippen LogP contribution >= 0.6 is 11.6 Å². The summed E-state index contributed by atoms with van der Waals surface area (Å²) in [6, 6.07) is 6.82. The Labute approximate surface area is 305 Å². The summed E-state index contributed by atoms with van der Waals surface area (Å²) in [7, 11) is -6.81. The highest BCUT2D eigenvalue weighted by molar-refractivity contribution is 7.91. The second kappa shape index (κ2) is 16.1. The first-order valence-corrected chi connectivity index (χ1v) is 21.3. The Kier molecular flexibility index (Phi) is 12.8. The van der Waals surface area contributed by atoms with E-state index in [1.54, 1.807) is 24.3 Å². The Balaban J connectivity index is 0.000000208. The number of aliphatic hydroxyl groups is 1. The van der Waals surface area contributed by atoms with Crippen LogP contribution in [-0.4, -0.2) is 64.8 Å². The number of carbonyl (C=O) groups is 2. The van der Waals surface area contributed by atoms with Crippen LogP contribution in [-0.2, 0) is 60.3 Å². The zero-order chi connectivity index (χ0) is 38.0. The number of rotatable bonds is 7. The summed E-state index contributed by atoms with van der Waals surface area (Å²) in [5, 5.41) is 9.12. The van der Waals surface area contributed by atoms with Crippen LogP contribution in [0, 0.1) is 11.8 Å². The lowest BCUT2D eigenvalue weighted by Crippen LogP contribution is -2.19. The first kappa shape index (κ1) is 40.4. The van der Waals surface area contributed by atoms with Gasteiger partial charge in [-0.05, 0) is 78.9 Å². The molecule has 6 rings (SSSR count). The summed E-state index contributed by atoms with van der Waals surface area (Å²) in [4.78, 5) is 30.3. The van der Waals surface area contributed by atoms with Crippen LogP contribution in [0.15, 0.2) is 34.1 Å². The molecule has 0 saturated heterocycles. The number of hydrogen-bond donors (Lipinski definition) is 1. The number of nitrogens with zero attached hydrogens (tertiary/aromatic N) is 4. The van der Waals surface area contributed by atoms with E-state index in [0.717, 1.165) is 72.5 Å². The molecule has 1 N–H and O–H groups in total. The highest BCUT2D eigenvalue weighted by atomic mass is 35.5. The van der Waals surface area contributed by atoms with E-state index >= 15 is 0 Å². The molecule has 2 aliphatic rings. The van der Waals surface area contributed by atoms with E-state index in [9.17, 15) is 31.5 Å². The number of aryl methyl sites for hydroxylation is 2. The van der Waals surface area contributed by atoms with E-state index in [1.807, 2.05) is 0 Å². The molecule has 0 aliphatic carbocycles. The fraction of sp³-hybridized carbons (Fsp3) is 0.556. The first-order chi connectivity index (χ1) is 23.7. The number of aliphatic hydroxyl groups excluding tert-OH is 1. The Bertz CT molecular complexity index is 2150. The maximum absolute atomic E-state index is 12.2. The summed E-state index contributed by atoms with van der Waals surface area (Å²) in [5.74, 6) is 3.39. The molecular formula is C36H49ClN4O8S2. The van der Waals surface area contributed by atoms with Crippen LogP contribution in [0.25, 0.3) is 22.1 Å². The molecule has 4 aromatic rings. The SMILES string of the molecule is CC(=O)Cl.CC(=O)OCc1cc2nc3n(c2cc1S(C)(=O)=O)CCC[C@@H]3C(C)C.CC(C)[C@H]1CCCn2c1nc1cc(CO)c(S(C)(=O)=O)cc12. The van der Waals surface area contributed by atoms with Crippen molar-refractivity contribution >= 4 is 64.6 Å². The average molecular weight is 765 g/mol. The monoisotopic (exact) mass is 764 g/mol. The second-order valence-corrected chi connectivity index (χ2v) is 18.6. The van der Waals surface area contributed by atoms with Gasteiger partial charge in [0.1, 0.15) is 18.3 Å². The molecule has 51 heavy (non-hydrogen) atoms. The Morgan fingerprint density at radius 3 is 1.55 bits per heavy atom. The van der Waals surface area contributed by atoms with Crippen LogP contribution in [0.3, 0.4) is 0 Å². The number of carbonyl (C=O) groups excluding carboxylic acids is 2. The van der Waals surface area contributed by atoms with Crippen LogP contribution in [0.4, 0.5) is 0 Å². The molecule has 0 radical (unpaired) electrons. The van der Waals surface area contributed by atoms with E-state index in [0.29, 0.717) is 34.8 Å². The summed E-state index contributed by atoms with van der Waals surface area (Å²) < 4.78 is 57.8. The first-order valence-electron chi connectivity index (χ1n) is 17.1. The summed E-state index contributed by atoms with van der Waals surface area (Å²) in [6.45, 7) is 12.7. The number of sulfone groups is 2. The maximum Gasteiger partial charge on any atom is 0.302 e.